The van der Waals surface area contributed by atoms with E-state index < -0.39 is 35.2 Å². The smallest absolute Gasteiger partial charge is 0.306 e. The summed E-state index contributed by atoms with van der Waals surface area (Å²) in [6, 6.07) is 1.92. The predicted octanol–water partition coefficient (Wildman–Crippen LogP) is 1.95. The van der Waals surface area contributed by atoms with Crippen LogP contribution in [0.3, 0.4) is 0 Å². The number of carbonyl (C=O) groups is 2. The number of methoxy groups -OCH3 is 1. The summed E-state index contributed by atoms with van der Waals surface area (Å²) in [6.45, 7) is -0.170. The Morgan fingerprint density at radius 3 is 2.40 bits per heavy atom. The molecule has 1 rings (SSSR count). The normalized spacial score (nSPS) is 12.0. The highest BCUT2D eigenvalue weighted by molar-refractivity contribution is 9.10. The largest absolute Gasteiger partial charge is 0.481 e. The third kappa shape index (κ3) is 4.53. The first-order valence-electron chi connectivity index (χ1n) is 5.52. The zero-order valence-corrected chi connectivity index (χ0v) is 12.0. The van der Waals surface area contributed by atoms with Crippen molar-refractivity contribution >= 4 is 27.8 Å². The van der Waals surface area contributed by atoms with Gasteiger partial charge in [0.1, 0.15) is 17.2 Å². The summed E-state index contributed by atoms with van der Waals surface area (Å²) in [4.78, 5) is 22.2. The molecule has 2 N–H and O–H groups in total. The van der Waals surface area contributed by atoms with Gasteiger partial charge in [0.15, 0.2) is 0 Å². The van der Waals surface area contributed by atoms with Crippen molar-refractivity contribution in [2.45, 2.75) is 12.5 Å². The number of carbonyl (C=O) groups excluding carboxylic acids is 1. The fraction of sp³-hybridized carbons (Fsp3) is 0.333. The molecular weight excluding hydrogens is 340 g/mol. The third-order valence-electron chi connectivity index (χ3n) is 2.46. The van der Waals surface area contributed by atoms with Crippen LogP contribution in [0.25, 0.3) is 0 Å². The van der Waals surface area contributed by atoms with Gasteiger partial charge < -0.3 is 15.2 Å². The van der Waals surface area contributed by atoms with Crippen LogP contribution in [0.5, 0.6) is 0 Å². The van der Waals surface area contributed by atoms with Crippen LogP contribution in [-0.2, 0) is 9.53 Å². The van der Waals surface area contributed by atoms with Crippen molar-refractivity contribution < 1.29 is 28.2 Å². The first kappa shape index (κ1) is 16.5. The Morgan fingerprint density at radius 1 is 1.40 bits per heavy atom. The molecular formula is C12H12BrF2NO4. The van der Waals surface area contributed by atoms with E-state index in [4.69, 9.17) is 9.84 Å². The van der Waals surface area contributed by atoms with Gasteiger partial charge in [-0.25, -0.2) is 8.78 Å². The molecule has 0 aliphatic heterocycles. The Labute approximate surface area is 122 Å². The van der Waals surface area contributed by atoms with Gasteiger partial charge in [-0.05, 0) is 12.1 Å². The van der Waals surface area contributed by atoms with Crippen molar-refractivity contribution in [3.8, 4) is 0 Å². The molecule has 0 heterocycles. The molecule has 0 bridgehead atoms. The average molecular weight is 352 g/mol. The molecule has 0 aliphatic rings. The summed E-state index contributed by atoms with van der Waals surface area (Å²) >= 11 is 2.90. The number of rotatable bonds is 6. The minimum absolute atomic E-state index is 0.170. The summed E-state index contributed by atoms with van der Waals surface area (Å²) in [5, 5.41) is 10.8. The highest BCUT2D eigenvalue weighted by atomic mass is 79.9. The van der Waals surface area contributed by atoms with E-state index in [1.54, 1.807) is 0 Å². The van der Waals surface area contributed by atoms with Crippen LogP contribution in [0, 0.1) is 11.6 Å². The van der Waals surface area contributed by atoms with Crippen LogP contribution in [0.4, 0.5) is 8.78 Å². The summed E-state index contributed by atoms with van der Waals surface area (Å²) in [7, 11) is 1.28. The Morgan fingerprint density at radius 2 is 1.95 bits per heavy atom. The van der Waals surface area contributed by atoms with Gasteiger partial charge in [-0.15, -0.1) is 0 Å². The van der Waals surface area contributed by atoms with Gasteiger partial charge in [-0.3, -0.25) is 9.59 Å². The summed E-state index contributed by atoms with van der Waals surface area (Å²) < 4.78 is 32.1. The lowest BCUT2D eigenvalue weighted by atomic mass is 10.1. The molecule has 1 aromatic carbocycles. The highest BCUT2D eigenvalue weighted by Crippen LogP contribution is 2.19. The van der Waals surface area contributed by atoms with Crippen LogP contribution >= 0.6 is 15.9 Å². The average Bonchev–Trinajstić information content (AvgIpc) is 2.32. The Balaban J connectivity index is 2.74. The number of benzene rings is 1. The first-order chi connectivity index (χ1) is 9.35. The van der Waals surface area contributed by atoms with E-state index in [-0.39, 0.29) is 17.4 Å². The molecule has 0 saturated carbocycles. The van der Waals surface area contributed by atoms with E-state index in [1.165, 1.54) is 7.11 Å². The summed E-state index contributed by atoms with van der Waals surface area (Å²) in [6.07, 6.45) is -1.11. The van der Waals surface area contributed by atoms with Crippen LogP contribution in [0.2, 0.25) is 0 Å². The lowest BCUT2D eigenvalue weighted by Crippen LogP contribution is -2.35. The van der Waals surface area contributed by atoms with E-state index in [9.17, 15) is 18.4 Å². The van der Waals surface area contributed by atoms with E-state index in [0.29, 0.717) is 0 Å². The zero-order chi connectivity index (χ0) is 15.3. The summed E-state index contributed by atoms with van der Waals surface area (Å²) in [5.74, 6) is -4.10. The first-order valence-corrected chi connectivity index (χ1v) is 6.31. The predicted molar refractivity (Wildman–Crippen MR) is 69.4 cm³/mol. The number of aliphatic carboxylic acids is 1. The van der Waals surface area contributed by atoms with Crippen molar-refractivity contribution in [2.75, 3.05) is 13.7 Å². The molecule has 0 spiro atoms. The SMILES string of the molecule is COC(CNC(=O)c1c(F)cc(Br)cc1F)CC(=O)O. The zero-order valence-electron chi connectivity index (χ0n) is 10.5. The van der Waals surface area contributed by atoms with Gasteiger partial charge in [-0.1, -0.05) is 15.9 Å². The monoisotopic (exact) mass is 351 g/mol. The Hall–Kier alpha value is -1.54. The molecule has 20 heavy (non-hydrogen) atoms. The fourth-order valence-electron chi connectivity index (χ4n) is 1.49. The number of ether oxygens (including phenoxy) is 1. The molecule has 0 aromatic heterocycles. The molecule has 5 nitrogen and oxygen atoms in total. The minimum atomic E-state index is -1.10. The number of hydrogen-bond donors (Lipinski definition) is 2. The van der Waals surface area contributed by atoms with Crippen LogP contribution < -0.4 is 5.32 Å². The van der Waals surface area contributed by atoms with Crippen LogP contribution in [0.1, 0.15) is 16.8 Å². The minimum Gasteiger partial charge on any atom is -0.481 e. The van der Waals surface area contributed by atoms with Crippen molar-refractivity contribution in [1.29, 1.82) is 0 Å². The molecule has 1 aromatic rings. The lowest BCUT2D eigenvalue weighted by Gasteiger charge is -2.14. The van der Waals surface area contributed by atoms with Crippen LogP contribution in [0.15, 0.2) is 16.6 Å². The highest BCUT2D eigenvalue weighted by Gasteiger charge is 2.20. The van der Waals surface area contributed by atoms with Crippen LogP contribution in [-0.4, -0.2) is 36.7 Å². The molecule has 1 atom stereocenters. The number of nitrogens with one attached hydrogen (secondary N) is 1. The van der Waals surface area contributed by atoms with Crippen molar-refractivity contribution in [2.24, 2.45) is 0 Å². The van der Waals surface area contributed by atoms with Gasteiger partial charge in [0.25, 0.3) is 5.91 Å². The van der Waals surface area contributed by atoms with Crippen molar-refractivity contribution in [1.82, 2.24) is 5.32 Å². The standard InChI is InChI=1S/C12H12BrF2NO4/c1-20-7(4-10(17)18)5-16-12(19)11-8(14)2-6(13)3-9(11)15/h2-3,7H,4-5H2,1H3,(H,16,19)(H,17,18). The second-order valence-corrected chi connectivity index (χ2v) is 4.83. The molecule has 1 amide bonds. The number of amides is 1. The summed E-state index contributed by atoms with van der Waals surface area (Å²) in [5.41, 5.74) is -0.724. The van der Waals surface area contributed by atoms with Gasteiger partial charge in [0.2, 0.25) is 0 Å². The van der Waals surface area contributed by atoms with Gasteiger partial charge in [0.05, 0.1) is 12.5 Å². The van der Waals surface area contributed by atoms with Gasteiger partial charge >= 0.3 is 5.97 Å². The number of carboxylic acids is 1. The quantitative estimate of drug-likeness (QED) is 0.821. The lowest BCUT2D eigenvalue weighted by molar-refractivity contribution is -0.139. The molecule has 0 aliphatic carbocycles. The second-order valence-electron chi connectivity index (χ2n) is 3.91. The maximum atomic E-state index is 13.5. The maximum absolute atomic E-state index is 13.5. The van der Waals surface area contributed by atoms with Gasteiger partial charge in [-0.2, -0.15) is 0 Å². The van der Waals surface area contributed by atoms with E-state index in [0.717, 1.165) is 12.1 Å². The molecule has 0 saturated heterocycles. The second kappa shape index (κ2) is 7.30. The maximum Gasteiger partial charge on any atom is 0.306 e. The molecule has 8 heteroatoms. The van der Waals surface area contributed by atoms with E-state index >= 15 is 0 Å². The number of hydrogen-bond acceptors (Lipinski definition) is 3. The fourth-order valence-corrected chi connectivity index (χ4v) is 1.89. The topological polar surface area (TPSA) is 75.6 Å². The van der Waals surface area contributed by atoms with E-state index in [1.807, 2.05) is 0 Å². The van der Waals surface area contributed by atoms with E-state index in [2.05, 4.69) is 21.2 Å². The molecule has 1 unspecified atom stereocenters. The molecule has 0 radical (unpaired) electrons. The van der Waals surface area contributed by atoms with Gasteiger partial charge in [0, 0.05) is 18.1 Å². The molecule has 110 valence electrons. The Bertz CT molecular complexity index is 501. The van der Waals surface area contributed by atoms with Crippen molar-refractivity contribution in [3.63, 3.8) is 0 Å². The Kier molecular flexibility index (Phi) is 6.03. The number of halogens is 3. The number of carboxylic acid groups (broad SMARTS) is 1. The third-order valence-corrected chi connectivity index (χ3v) is 2.92. The van der Waals surface area contributed by atoms with Crippen molar-refractivity contribution in [3.05, 3.63) is 33.8 Å². The molecule has 0 fully saturated rings.